The summed E-state index contributed by atoms with van der Waals surface area (Å²) in [6.07, 6.45) is 1.22. The number of hydrogen-bond acceptors (Lipinski definition) is 3. The van der Waals surface area contributed by atoms with Gasteiger partial charge in [0.1, 0.15) is 18.2 Å². The highest BCUT2D eigenvalue weighted by Crippen LogP contribution is 2.17. The van der Waals surface area contributed by atoms with Gasteiger partial charge in [0.15, 0.2) is 0 Å². The minimum atomic E-state index is -0.535. The molecular weight excluding hydrogens is 383 g/mol. The lowest BCUT2D eigenvalue weighted by atomic mass is 10.2. The van der Waals surface area contributed by atoms with E-state index < -0.39 is 11.7 Å². The molecule has 1 aromatic heterocycles. The van der Waals surface area contributed by atoms with Crippen LogP contribution in [0.3, 0.4) is 0 Å². The first-order valence-corrected chi connectivity index (χ1v) is 10.3. The molecule has 30 heavy (non-hydrogen) atoms. The van der Waals surface area contributed by atoms with Crippen LogP contribution in [0.5, 0.6) is 0 Å². The van der Waals surface area contributed by atoms with E-state index in [1.165, 1.54) is 12.1 Å². The molecule has 1 N–H and O–H groups in total. The Morgan fingerprint density at radius 2 is 1.77 bits per heavy atom. The van der Waals surface area contributed by atoms with Crippen molar-refractivity contribution in [3.63, 3.8) is 0 Å². The van der Waals surface area contributed by atoms with Crippen LogP contribution in [0.25, 0.3) is 11.0 Å². The van der Waals surface area contributed by atoms with E-state index in [0.717, 1.165) is 16.9 Å². The second-order valence-electron chi connectivity index (χ2n) is 7.01. The average molecular weight is 410 g/mol. The Hall–Kier alpha value is -3.22. The molecule has 1 heterocycles. The summed E-state index contributed by atoms with van der Waals surface area (Å²) < 4.78 is 15.7. The van der Waals surface area contributed by atoms with E-state index >= 15 is 0 Å². The second kappa shape index (κ2) is 10.0. The number of hydrogen-bond donors (Lipinski definition) is 1. The van der Waals surface area contributed by atoms with Crippen molar-refractivity contribution in [2.24, 2.45) is 0 Å². The first kappa shape index (κ1) is 21.5. The summed E-state index contributed by atoms with van der Waals surface area (Å²) in [5.74, 6) is -0.112. The zero-order valence-electron chi connectivity index (χ0n) is 17.4. The van der Waals surface area contributed by atoms with E-state index in [1.54, 1.807) is 17.0 Å². The lowest BCUT2D eigenvalue weighted by molar-refractivity contribution is -0.131. The fraction of sp³-hybridized carbons (Fsp3) is 0.348. The number of halogens is 1. The molecule has 0 bridgehead atoms. The van der Waals surface area contributed by atoms with Gasteiger partial charge in [0.05, 0.1) is 16.6 Å². The van der Waals surface area contributed by atoms with Crippen molar-refractivity contribution in [2.75, 3.05) is 19.6 Å². The van der Waals surface area contributed by atoms with E-state index in [4.69, 9.17) is 0 Å². The molecule has 3 rings (SSSR count). The third-order valence-electron chi connectivity index (χ3n) is 5.12. The number of para-hydroxylation sites is 2. The third-order valence-corrected chi connectivity index (χ3v) is 5.12. The highest BCUT2D eigenvalue weighted by Gasteiger charge is 2.17. The topological polar surface area (TPSA) is 67.2 Å². The van der Waals surface area contributed by atoms with Gasteiger partial charge in [-0.1, -0.05) is 24.3 Å². The van der Waals surface area contributed by atoms with Crippen molar-refractivity contribution in [3.05, 3.63) is 65.7 Å². The Kier molecular flexibility index (Phi) is 7.17. The van der Waals surface area contributed by atoms with Crippen molar-refractivity contribution in [1.82, 2.24) is 19.8 Å². The van der Waals surface area contributed by atoms with Gasteiger partial charge in [0.25, 0.3) is 5.91 Å². The van der Waals surface area contributed by atoms with E-state index in [2.05, 4.69) is 10.3 Å². The van der Waals surface area contributed by atoms with Gasteiger partial charge in [-0.2, -0.15) is 0 Å². The van der Waals surface area contributed by atoms with Crippen LogP contribution in [0.2, 0.25) is 0 Å². The highest BCUT2D eigenvalue weighted by molar-refractivity contribution is 5.94. The number of amides is 2. The average Bonchev–Trinajstić information content (AvgIpc) is 3.09. The quantitative estimate of drug-likeness (QED) is 0.550. The van der Waals surface area contributed by atoms with E-state index in [9.17, 15) is 14.0 Å². The Labute approximate surface area is 175 Å². The van der Waals surface area contributed by atoms with Crippen LogP contribution in [-0.2, 0) is 17.8 Å². The van der Waals surface area contributed by atoms with Crippen molar-refractivity contribution in [1.29, 1.82) is 0 Å². The second-order valence-corrected chi connectivity index (χ2v) is 7.01. The smallest absolute Gasteiger partial charge is 0.254 e. The zero-order chi connectivity index (χ0) is 21.5. The number of nitrogens with zero attached hydrogens (tertiary/aromatic N) is 3. The summed E-state index contributed by atoms with van der Waals surface area (Å²) in [6.45, 7) is 5.89. The fourth-order valence-electron chi connectivity index (χ4n) is 3.49. The molecular formula is C23H27FN4O2. The monoisotopic (exact) mass is 410 g/mol. The standard InChI is InChI=1S/C23H27FN4O2/c1-3-27(4-2)22(29)16-28-20-13-8-7-12-19(20)26-21(28)14-9-15-25-23(30)17-10-5-6-11-18(17)24/h5-8,10-13H,3-4,9,14-16H2,1-2H3,(H,25,30). The summed E-state index contributed by atoms with van der Waals surface area (Å²) in [7, 11) is 0. The van der Waals surface area contributed by atoms with E-state index in [0.29, 0.717) is 32.5 Å². The van der Waals surface area contributed by atoms with Gasteiger partial charge in [0.2, 0.25) is 5.91 Å². The van der Waals surface area contributed by atoms with Crippen LogP contribution in [0.15, 0.2) is 48.5 Å². The molecule has 0 aliphatic carbocycles. The molecule has 3 aromatic rings. The Morgan fingerprint density at radius 1 is 1.07 bits per heavy atom. The van der Waals surface area contributed by atoms with Crippen molar-refractivity contribution >= 4 is 22.8 Å². The number of benzene rings is 2. The molecule has 0 aliphatic heterocycles. The molecule has 0 radical (unpaired) electrons. The SMILES string of the molecule is CCN(CC)C(=O)Cn1c(CCCNC(=O)c2ccccc2F)nc2ccccc21. The van der Waals surface area contributed by atoms with Crippen molar-refractivity contribution < 1.29 is 14.0 Å². The van der Waals surface area contributed by atoms with Gasteiger partial charge >= 0.3 is 0 Å². The summed E-state index contributed by atoms with van der Waals surface area (Å²) in [6, 6.07) is 13.7. The molecule has 0 saturated carbocycles. The zero-order valence-corrected chi connectivity index (χ0v) is 17.4. The van der Waals surface area contributed by atoms with Crippen molar-refractivity contribution in [2.45, 2.75) is 33.2 Å². The molecule has 7 heteroatoms. The summed E-state index contributed by atoms with van der Waals surface area (Å²) in [5.41, 5.74) is 1.80. The first-order chi connectivity index (χ1) is 14.5. The molecule has 2 aromatic carbocycles. The number of nitrogens with one attached hydrogen (secondary N) is 1. The normalized spacial score (nSPS) is 10.9. The molecule has 0 aliphatic rings. The molecule has 0 spiro atoms. The number of imidazole rings is 1. The van der Waals surface area contributed by atoms with Gasteiger partial charge in [-0.05, 0) is 44.5 Å². The number of aryl methyl sites for hydroxylation is 1. The summed E-state index contributed by atoms with van der Waals surface area (Å²) >= 11 is 0. The predicted molar refractivity (Wildman–Crippen MR) is 115 cm³/mol. The molecule has 0 saturated heterocycles. The van der Waals surface area contributed by atoms with Crippen LogP contribution < -0.4 is 5.32 Å². The summed E-state index contributed by atoms with van der Waals surface area (Å²) in [5, 5.41) is 2.75. The number of carbonyl (C=O) groups excluding carboxylic acids is 2. The third kappa shape index (κ3) is 4.84. The number of rotatable bonds is 9. The number of likely N-dealkylation sites (N-methyl/N-ethyl adjacent to an activating group) is 1. The lowest BCUT2D eigenvalue weighted by Crippen LogP contribution is -2.33. The van der Waals surface area contributed by atoms with Crippen molar-refractivity contribution in [3.8, 4) is 0 Å². The van der Waals surface area contributed by atoms with Crippen LogP contribution >= 0.6 is 0 Å². The molecule has 2 amide bonds. The molecule has 6 nitrogen and oxygen atoms in total. The lowest BCUT2D eigenvalue weighted by Gasteiger charge is -2.20. The first-order valence-electron chi connectivity index (χ1n) is 10.3. The maximum absolute atomic E-state index is 13.7. The van der Waals surface area contributed by atoms with Crippen LogP contribution in [0.1, 0.15) is 36.5 Å². The van der Waals surface area contributed by atoms with E-state index in [1.807, 2.05) is 42.7 Å². The minimum absolute atomic E-state index is 0.0366. The van der Waals surface area contributed by atoms with Gasteiger partial charge < -0.3 is 14.8 Å². The van der Waals surface area contributed by atoms with E-state index in [-0.39, 0.29) is 18.0 Å². The van der Waals surface area contributed by atoms with Gasteiger partial charge in [-0.3, -0.25) is 9.59 Å². The maximum atomic E-state index is 13.7. The maximum Gasteiger partial charge on any atom is 0.254 e. The Bertz CT molecular complexity index is 1030. The number of fused-ring (bicyclic) bond motifs is 1. The van der Waals surface area contributed by atoms with Gasteiger partial charge in [-0.25, -0.2) is 9.37 Å². The minimum Gasteiger partial charge on any atom is -0.352 e. The van der Waals surface area contributed by atoms with Gasteiger partial charge in [-0.15, -0.1) is 0 Å². The Balaban J connectivity index is 1.67. The molecule has 0 fully saturated rings. The Morgan fingerprint density at radius 3 is 2.50 bits per heavy atom. The predicted octanol–water partition coefficient (Wildman–Crippen LogP) is 3.41. The van der Waals surface area contributed by atoms with Gasteiger partial charge in [0, 0.05) is 26.1 Å². The largest absolute Gasteiger partial charge is 0.352 e. The fourth-order valence-corrected chi connectivity index (χ4v) is 3.49. The molecule has 158 valence electrons. The van der Waals surface area contributed by atoms with Crippen LogP contribution in [0, 0.1) is 5.82 Å². The molecule has 0 atom stereocenters. The highest BCUT2D eigenvalue weighted by atomic mass is 19.1. The van der Waals surface area contributed by atoms with Crippen LogP contribution in [-0.4, -0.2) is 45.9 Å². The van der Waals surface area contributed by atoms with Crippen LogP contribution in [0.4, 0.5) is 4.39 Å². The number of aromatic nitrogens is 2. The number of carbonyl (C=O) groups is 2. The summed E-state index contributed by atoms with van der Waals surface area (Å²) in [4.78, 5) is 31.3. The molecule has 0 unspecified atom stereocenters.